The molecule has 3 saturated heterocycles. The van der Waals surface area contributed by atoms with Crippen LogP contribution in [0.5, 0.6) is 5.75 Å². The predicted molar refractivity (Wildman–Crippen MR) is 289 cm³/mol. The topological polar surface area (TPSA) is 173 Å². The molecule has 4 aromatic rings. The van der Waals surface area contributed by atoms with Gasteiger partial charge in [-0.2, -0.15) is 0 Å². The monoisotopic (exact) mass is 1050 g/mol. The third-order valence-corrected chi connectivity index (χ3v) is 17.8. The van der Waals surface area contributed by atoms with Crippen molar-refractivity contribution in [3.8, 4) is 28.5 Å². The Morgan fingerprint density at radius 2 is 1.65 bits per heavy atom. The first-order chi connectivity index (χ1) is 35.0. The van der Waals surface area contributed by atoms with Gasteiger partial charge in [-0.15, -0.1) is 17.8 Å². The van der Waals surface area contributed by atoms with Gasteiger partial charge in [-0.25, -0.2) is 9.97 Å². The van der Waals surface area contributed by atoms with Crippen molar-refractivity contribution in [2.75, 3.05) is 57.3 Å². The molecule has 4 atom stereocenters. The molecule has 1 spiro atoms. The van der Waals surface area contributed by atoms with E-state index in [0.29, 0.717) is 27.9 Å². The lowest BCUT2D eigenvalue weighted by Gasteiger charge is -2.63. The zero-order valence-electron chi connectivity index (χ0n) is 44.2. The lowest BCUT2D eigenvalue weighted by Crippen LogP contribution is -2.74. The van der Waals surface area contributed by atoms with Crippen LogP contribution in [0.2, 0.25) is 5.02 Å². The lowest BCUT2D eigenvalue weighted by atomic mass is 9.49. The van der Waals surface area contributed by atoms with E-state index in [0.717, 1.165) is 79.6 Å². The number of piperazine rings is 1. The number of nitrogens with one attached hydrogen (secondary N) is 3. The van der Waals surface area contributed by atoms with Gasteiger partial charge in [0.25, 0.3) is 5.91 Å². The fourth-order valence-corrected chi connectivity index (χ4v) is 13.7. The number of aliphatic hydroxyl groups is 1. The van der Waals surface area contributed by atoms with E-state index in [1.807, 2.05) is 82.6 Å². The van der Waals surface area contributed by atoms with Crippen molar-refractivity contribution in [2.45, 2.75) is 124 Å². The molecule has 5 aliphatic rings. The van der Waals surface area contributed by atoms with Gasteiger partial charge < -0.3 is 35.6 Å². The number of amides is 4. The first-order valence-electron chi connectivity index (χ1n) is 26.0. The normalized spacial score (nSPS) is 24.1. The average Bonchev–Trinajstić information content (AvgIpc) is 3.95. The summed E-state index contributed by atoms with van der Waals surface area (Å²) in [7, 11) is 0. The summed E-state index contributed by atoms with van der Waals surface area (Å²) in [6.07, 6.45) is 8.54. The highest BCUT2D eigenvalue weighted by atomic mass is 35.5. The molecule has 5 heterocycles. The number of carbonyl (C=O) groups is 4. The molecule has 0 radical (unpaired) electrons. The molecule has 3 aliphatic heterocycles. The molecule has 0 bridgehead atoms. The minimum absolute atomic E-state index is 0.0173. The minimum atomic E-state index is -0.892. The number of hydrogen-bond acceptors (Lipinski definition) is 12. The highest BCUT2D eigenvalue weighted by Crippen LogP contribution is 2.56. The van der Waals surface area contributed by atoms with E-state index in [9.17, 15) is 24.3 Å². The molecule has 15 nitrogen and oxygen atoms in total. The van der Waals surface area contributed by atoms with E-state index in [2.05, 4.69) is 69.2 Å². The molecule has 17 heteroatoms. The van der Waals surface area contributed by atoms with E-state index in [-0.39, 0.29) is 77.6 Å². The standard InChI is InChI=1S/C57H72ClN9O6S/c1-11-36-16-18-42(25-43(36)58)73-53-55(7,8)52(56(53,9)10)63-49(70)39-17-19-45(59-28-39)66-31-57(32-66)26-40(27-57)65-22-20-64(21-23-65)30-46(69)62-48(54(4,5)6)51(72)67-29-41(68)24-44(67)50(71)61-34(2)37-12-14-38(15-13-37)47-35(3)60-33-74-47/h1,12-19,25,28,33-34,40-41,44,48,52-53,68H,20-24,26-27,29-32H2,2-10H3,(H,61,71)(H,62,69)(H,63,70)/t34-,41+,44-,48+,52?,53?/m0/s1. The second kappa shape index (κ2) is 20.5. The summed E-state index contributed by atoms with van der Waals surface area (Å²) in [5.41, 5.74) is 4.81. The molecule has 2 aromatic carbocycles. The molecule has 2 aromatic heterocycles. The molecular formula is C57H72ClN9O6S. The molecule has 74 heavy (non-hydrogen) atoms. The van der Waals surface area contributed by atoms with Gasteiger partial charge in [0.15, 0.2) is 0 Å². The number of aryl methyl sites for hydroxylation is 1. The molecule has 0 unspecified atom stereocenters. The third-order valence-electron chi connectivity index (χ3n) is 16.5. The van der Waals surface area contributed by atoms with Crippen molar-refractivity contribution in [1.29, 1.82) is 0 Å². The number of rotatable bonds is 14. The van der Waals surface area contributed by atoms with Gasteiger partial charge in [-0.3, -0.25) is 29.0 Å². The van der Waals surface area contributed by atoms with Crippen LogP contribution in [0, 0.1) is 40.9 Å². The quantitative estimate of drug-likeness (QED) is 0.0990. The first-order valence-corrected chi connectivity index (χ1v) is 27.2. The maximum absolute atomic E-state index is 14.3. The van der Waals surface area contributed by atoms with Crippen LogP contribution in [0.15, 0.2) is 66.3 Å². The number of β-amino-alcohol motifs (C(OH)–C–C–N with tert-alkyl or cyclic N) is 1. The Balaban J connectivity index is 0.701. The number of thiazole rings is 1. The number of anilines is 1. The van der Waals surface area contributed by atoms with Gasteiger partial charge in [-0.05, 0) is 67.5 Å². The van der Waals surface area contributed by atoms with Crippen molar-refractivity contribution in [2.24, 2.45) is 21.7 Å². The van der Waals surface area contributed by atoms with Crippen LogP contribution in [0.4, 0.5) is 5.82 Å². The van der Waals surface area contributed by atoms with Crippen molar-refractivity contribution >= 4 is 52.4 Å². The number of hydrogen-bond donors (Lipinski definition) is 4. The predicted octanol–water partition coefficient (Wildman–Crippen LogP) is 6.72. The zero-order valence-corrected chi connectivity index (χ0v) is 45.8. The maximum Gasteiger partial charge on any atom is 0.253 e. The van der Waals surface area contributed by atoms with Gasteiger partial charge >= 0.3 is 0 Å². The number of likely N-dealkylation sites (tertiary alicyclic amines) is 1. The van der Waals surface area contributed by atoms with Crippen molar-refractivity contribution in [3.63, 3.8) is 0 Å². The number of pyridine rings is 1. The molecule has 4 amide bonds. The molecular weight excluding hydrogens is 974 g/mol. The molecule has 9 rings (SSSR count). The Hall–Kier alpha value is -5.57. The second-order valence-electron chi connectivity index (χ2n) is 23.9. The summed E-state index contributed by atoms with van der Waals surface area (Å²) in [5.74, 6) is 2.98. The highest BCUT2D eigenvalue weighted by Gasteiger charge is 2.64. The van der Waals surface area contributed by atoms with E-state index in [1.165, 1.54) is 4.90 Å². The number of terminal acetylenes is 1. The van der Waals surface area contributed by atoms with Crippen LogP contribution in [0.25, 0.3) is 10.4 Å². The van der Waals surface area contributed by atoms with Crippen LogP contribution in [0.1, 0.15) is 108 Å². The first kappa shape index (κ1) is 53.3. The SMILES string of the molecule is C#Cc1ccc(OC2C(C)(C)C(NC(=O)c3ccc(N4CC5(CC(N6CCN(CC(=O)N[C@H](C(=O)N7C[C@H](O)C[C@H]7C(=O)N[C@@H](C)c7ccc(-c8scnc8C)cc7)C(C)(C)C)CC6)C5)C4)nc3)C2(C)C)cc1Cl. The summed E-state index contributed by atoms with van der Waals surface area (Å²) in [6, 6.07) is 15.4. The number of nitrogens with zero attached hydrogens (tertiary/aromatic N) is 6. The minimum Gasteiger partial charge on any atom is -0.489 e. The molecule has 394 valence electrons. The number of ether oxygens (including phenoxy) is 1. The summed E-state index contributed by atoms with van der Waals surface area (Å²) in [5, 5.41) is 20.6. The molecule has 2 aliphatic carbocycles. The van der Waals surface area contributed by atoms with E-state index < -0.39 is 23.6 Å². The fraction of sp³-hybridized carbons (Fsp3) is 0.544. The summed E-state index contributed by atoms with van der Waals surface area (Å²) >= 11 is 7.94. The van der Waals surface area contributed by atoms with Crippen LogP contribution in [0.3, 0.4) is 0 Å². The van der Waals surface area contributed by atoms with Gasteiger partial charge in [0.05, 0.1) is 45.4 Å². The fourth-order valence-electron chi connectivity index (χ4n) is 12.6. The zero-order chi connectivity index (χ0) is 53.1. The summed E-state index contributed by atoms with van der Waals surface area (Å²) in [6.45, 7) is 23.3. The van der Waals surface area contributed by atoms with Crippen molar-refractivity contribution in [3.05, 3.63) is 93.7 Å². The third kappa shape index (κ3) is 10.6. The lowest BCUT2D eigenvalue weighted by molar-refractivity contribution is -0.164. The van der Waals surface area contributed by atoms with E-state index in [1.54, 1.807) is 29.7 Å². The Morgan fingerprint density at radius 3 is 2.24 bits per heavy atom. The summed E-state index contributed by atoms with van der Waals surface area (Å²) < 4.78 is 6.43. The second-order valence-corrected chi connectivity index (χ2v) is 25.1. The molecule has 5 fully saturated rings. The molecule has 4 N–H and O–H groups in total. The Labute approximate surface area is 445 Å². The number of aromatic nitrogens is 2. The van der Waals surface area contributed by atoms with Crippen LogP contribution < -0.4 is 25.6 Å². The van der Waals surface area contributed by atoms with Gasteiger partial charge in [-0.1, -0.05) is 90.3 Å². The number of benzene rings is 2. The van der Waals surface area contributed by atoms with Gasteiger partial charge in [0.1, 0.15) is 29.8 Å². The van der Waals surface area contributed by atoms with Gasteiger partial charge in [0.2, 0.25) is 17.7 Å². The van der Waals surface area contributed by atoms with Gasteiger partial charge in [0, 0.05) is 98.4 Å². The number of carbonyl (C=O) groups excluding carboxylic acids is 4. The van der Waals surface area contributed by atoms with Crippen LogP contribution in [-0.2, 0) is 14.4 Å². The van der Waals surface area contributed by atoms with Crippen molar-refractivity contribution in [1.82, 2.24) is 40.6 Å². The largest absolute Gasteiger partial charge is 0.489 e. The van der Waals surface area contributed by atoms with Crippen LogP contribution >= 0.6 is 22.9 Å². The number of halogens is 1. The highest BCUT2D eigenvalue weighted by molar-refractivity contribution is 7.13. The van der Waals surface area contributed by atoms with E-state index >= 15 is 0 Å². The smallest absolute Gasteiger partial charge is 0.253 e. The molecule has 2 saturated carbocycles. The van der Waals surface area contributed by atoms with Crippen molar-refractivity contribution < 1.29 is 29.0 Å². The van der Waals surface area contributed by atoms with E-state index in [4.69, 9.17) is 27.7 Å². The van der Waals surface area contributed by atoms with Crippen LogP contribution in [-0.4, -0.2) is 142 Å². The number of aliphatic hydroxyl groups excluding tert-OH is 1. The average molecular weight is 1050 g/mol. The Bertz CT molecular complexity index is 2770. The maximum atomic E-state index is 14.3. The summed E-state index contributed by atoms with van der Waals surface area (Å²) in [4.78, 5) is 73.9. The Kier molecular flexibility index (Phi) is 14.8. The Morgan fingerprint density at radius 1 is 0.959 bits per heavy atom.